The molecule has 2 saturated heterocycles. The average molecular weight is 290 g/mol. The standard InChI is InChI=1S/C17H26N2O2/c1-18-16(5-4-14-3-2-8-19-12-14)15-6-9-21-17(11-15)7-10-20-13-17/h2-3,8,12,15-16,18H,4-7,9-11,13H2,1H3. The fourth-order valence-electron chi connectivity index (χ4n) is 3.76. The maximum atomic E-state index is 6.05. The second kappa shape index (κ2) is 6.86. The first-order valence-electron chi connectivity index (χ1n) is 8.09. The molecule has 3 rings (SSSR count). The summed E-state index contributed by atoms with van der Waals surface area (Å²) in [4.78, 5) is 4.20. The molecule has 2 aliphatic heterocycles. The number of hydrogen-bond donors (Lipinski definition) is 1. The molecule has 0 amide bonds. The average Bonchev–Trinajstić information content (AvgIpc) is 2.97. The van der Waals surface area contributed by atoms with Gasteiger partial charge in [0.2, 0.25) is 0 Å². The minimum Gasteiger partial charge on any atom is -0.378 e. The third kappa shape index (κ3) is 3.62. The smallest absolute Gasteiger partial charge is 0.0939 e. The highest BCUT2D eigenvalue weighted by Crippen LogP contribution is 2.37. The van der Waals surface area contributed by atoms with Crippen LogP contribution in [0.2, 0.25) is 0 Å². The van der Waals surface area contributed by atoms with E-state index >= 15 is 0 Å². The summed E-state index contributed by atoms with van der Waals surface area (Å²) in [5, 5.41) is 3.53. The van der Waals surface area contributed by atoms with Gasteiger partial charge in [-0.25, -0.2) is 0 Å². The fourth-order valence-corrected chi connectivity index (χ4v) is 3.76. The van der Waals surface area contributed by atoms with Gasteiger partial charge in [0, 0.05) is 38.1 Å². The number of ether oxygens (including phenoxy) is 2. The Bertz CT molecular complexity index is 432. The molecule has 0 saturated carbocycles. The van der Waals surface area contributed by atoms with Crippen LogP contribution in [-0.4, -0.2) is 43.5 Å². The van der Waals surface area contributed by atoms with Crippen LogP contribution >= 0.6 is 0 Å². The topological polar surface area (TPSA) is 43.4 Å². The summed E-state index contributed by atoms with van der Waals surface area (Å²) in [6.07, 6.45) is 9.39. The first-order valence-corrected chi connectivity index (χ1v) is 8.09. The van der Waals surface area contributed by atoms with Gasteiger partial charge in [0.15, 0.2) is 0 Å². The molecule has 1 spiro atoms. The maximum absolute atomic E-state index is 6.05. The zero-order chi connectivity index (χ0) is 14.5. The van der Waals surface area contributed by atoms with Crippen LogP contribution in [0.1, 0.15) is 31.2 Å². The van der Waals surface area contributed by atoms with Gasteiger partial charge in [-0.2, -0.15) is 0 Å². The van der Waals surface area contributed by atoms with Crippen molar-refractivity contribution in [2.75, 3.05) is 26.9 Å². The first kappa shape index (κ1) is 14.9. The van der Waals surface area contributed by atoms with E-state index in [9.17, 15) is 0 Å². The summed E-state index contributed by atoms with van der Waals surface area (Å²) in [7, 11) is 2.08. The summed E-state index contributed by atoms with van der Waals surface area (Å²) in [6.45, 7) is 2.51. The van der Waals surface area contributed by atoms with Gasteiger partial charge in [0.1, 0.15) is 0 Å². The Labute approximate surface area is 127 Å². The van der Waals surface area contributed by atoms with E-state index in [1.54, 1.807) is 0 Å². The number of aryl methyl sites for hydroxylation is 1. The Morgan fingerprint density at radius 1 is 1.48 bits per heavy atom. The van der Waals surface area contributed by atoms with Crippen LogP contribution in [-0.2, 0) is 15.9 Å². The summed E-state index contributed by atoms with van der Waals surface area (Å²) in [5.74, 6) is 0.683. The predicted molar refractivity (Wildman–Crippen MR) is 82.2 cm³/mol. The van der Waals surface area contributed by atoms with Crippen molar-refractivity contribution in [1.29, 1.82) is 0 Å². The Morgan fingerprint density at radius 3 is 3.14 bits per heavy atom. The molecule has 2 aliphatic rings. The molecule has 0 aromatic carbocycles. The van der Waals surface area contributed by atoms with Gasteiger partial charge >= 0.3 is 0 Å². The number of aromatic nitrogens is 1. The first-order chi connectivity index (χ1) is 10.3. The lowest BCUT2D eigenvalue weighted by molar-refractivity contribution is -0.103. The van der Waals surface area contributed by atoms with Gasteiger partial charge < -0.3 is 14.8 Å². The third-order valence-electron chi connectivity index (χ3n) is 5.00. The molecular weight excluding hydrogens is 264 g/mol. The normalized spacial score (nSPS) is 30.6. The van der Waals surface area contributed by atoms with E-state index in [1.165, 1.54) is 5.56 Å². The van der Waals surface area contributed by atoms with Crippen molar-refractivity contribution in [2.45, 2.75) is 43.7 Å². The van der Waals surface area contributed by atoms with Gasteiger partial charge in [-0.05, 0) is 50.3 Å². The second-order valence-corrected chi connectivity index (χ2v) is 6.38. The molecule has 3 heterocycles. The molecule has 116 valence electrons. The molecule has 1 aromatic rings. The summed E-state index contributed by atoms with van der Waals surface area (Å²) in [5.41, 5.74) is 1.33. The SMILES string of the molecule is CNC(CCc1cccnc1)C1CCOC2(CCOC2)C1. The molecule has 2 fully saturated rings. The van der Waals surface area contributed by atoms with Gasteiger partial charge in [0.25, 0.3) is 0 Å². The summed E-state index contributed by atoms with van der Waals surface area (Å²) in [6, 6.07) is 4.73. The van der Waals surface area contributed by atoms with E-state index in [4.69, 9.17) is 9.47 Å². The zero-order valence-electron chi connectivity index (χ0n) is 12.9. The van der Waals surface area contributed by atoms with Crippen molar-refractivity contribution in [3.63, 3.8) is 0 Å². The van der Waals surface area contributed by atoms with Gasteiger partial charge in [-0.1, -0.05) is 6.07 Å². The largest absolute Gasteiger partial charge is 0.378 e. The quantitative estimate of drug-likeness (QED) is 0.903. The van der Waals surface area contributed by atoms with E-state index < -0.39 is 0 Å². The van der Waals surface area contributed by atoms with E-state index in [2.05, 4.69) is 23.4 Å². The Kier molecular flexibility index (Phi) is 4.88. The molecule has 0 aliphatic carbocycles. The molecule has 3 unspecified atom stereocenters. The molecule has 0 bridgehead atoms. The van der Waals surface area contributed by atoms with Crippen molar-refractivity contribution in [3.8, 4) is 0 Å². The minimum atomic E-state index is 0.00627. The van der Waals surface area contributed by atoms with Gasteiger partial charge in [-0.15, -0.1) is 0 Å². The lowest BCUT2D eigenvalue weighted by Gasteiger charge is -2.40. The van der Waals surface area contributed by atoms with E-state index in [0.29, 0.717) is 12.0 Å². The Morgan fingerprint density at radius 2 is 2.43 bits per heavy atom. The van der Waals surface area contributed by atoms with Crippen LogP contribution in [0.3, 0.4) is 0 Å². The summed E-state index contributed by atoms with van der Waals surface area (Å²) >= 11 is 0. The van der Waals surface area contributed by atoms with Crippen LogP contribution in [0.25, 0.3) is 0 Å². The molecule has 1 aromatic heterocycles. The van der Waals surface area contributed by atoms with Gasteiger partial charge in [0.05, 0.1) is 12.2 Å². The molecule has 0 radical (unpaired) electrons. The van der Waals surface area contributed by atoms with Crippen LogP contribution < -0.4 is 5.32 Å². The molecule has 4 nitrogen and oxygen atoms in total. The maximum Gasteiger partial charge on any atom is 0.0939 e. The number of nitrogens with zero attached hydrogens (tertiary/aromatic N) is 1. The van der Waals surface area contributed by atoms with Crippen molar-refractivity contribution in [3.05, 3.63) is 30.1 Å². The number of nitrogens with one attached hydrogen (secondary N) is 1. The Hall–Kier alpha value is -0.970. The third-order valence-corrected chi connectivity index (χ3v) is 5.00. The van der Waals surface area contributed by atoms with Crippen molar-refractivity contribution in [2.24, 2.45) is 5.92 Å². The number of pyridine rings is 1. The lowest BCUT2D eigenvalue weighted by atomic mass is 9.79. The zero-order valence-corrected chi connectivity index (χ0v) is 12.9. The molecule has 1 N–H and O–H groups in total. The van der Waals surface area contributed by atoms with Crippen LogP contribution in [0.15, 0.2) is 24.5 Å². The number of hydrogen-bond acceptors (Lipinski definition) is 4. The molecule has 4 heteroatoms. The van der Waals surface area contributed by atoms with E-state index in [-0.39, 0.29) is 5.60 Å². The van der Waals surface area contributed by atoms with Crippen molar-refractivity contribution >= 4 is 0 Å². The minimum absolute atomic E-state index is 0.00627. The monoisotopic (exact) mass is 290 g/mol. The van der Waals surface area contributed by atoms with Crippen LogP contribution in [0.4, 0.5) is 0 Å². The van der Waals surface area contributed by atoms with Crippen LogP contribution in [0.5, 0.6) is 0 Å². The highest BCUT2D eigenvalue weighted by molar-refractivity contribution is 5.09. The highest BCUT2D eigenvalue weighted by atomic mass is 16.6. The Balaban J connectivity index is 1.57. The lowest BCUT2D eigenvalue weighted by Crippen LogP contribution is -2.46. The highest BCUT2D eigenvalue weighted by Gasteiger charge is 2.42. The molecule has 3 atom stereocenters. The van der Waals surface area contributed by atoms with Crippen molar-refractivity contribution in [1.82, 2.24) is 10.3 Å². The molecular formula is C17H26N2O2. The number of rotatable bonds is 5. The van der Waals surface area contributed by atoms with Crippen molar-refractivity contribution < 1.29 is 9.47 Å². The summed E-state index contributed by atoms with van der Waals surface area (Å²) < 4.78 is 11.6. The predicted octanol–water partition coefficient (Wildman–Crippen LogP) is 2.19. The fraction of sp³-hybridized carbons (Fsp3) is 0.706. The molecule has 21 heavy (non-hydrogen) atoms. The van der Waals surface area contributed by atoms with E-state index in [1.807, 2.05) is 18.5 Å². The van der Waals surface area contributed by atoms with E-state index in [0.717, 1.165) is 51.9 Å². The second-order valence-electron chi connectivity index (χ2n) is 6.38. The van der Waals surface area contributed by atoms with Gasteiger partial charge in [-0.3, -0.25) is 4.98 Å². The van der Waals surface area contributed by atoms with Crippen LogP contribution in [0, 0.1) is 5.92 Å².